The average molecular weight is 314 g/mol. The standard InChI is InChI=1S/C18H16F2N2O/c19-15-4-2-13(3-5-15)18-8-16(23)11-22(18)10-12-1-6-17(20)14(7-12)9-21/h1-7,16,18,23H,8,10-11H2/t16-,18-/m1/s1. The van der Waals surface area contributed by atoms with E-state index >= 15 is 0 Å². The first-order chi connectivity index (χ1) is 11.1. The van der Waals surface area contributed by atoms with Crippen LogP contribution in [0.25, 0.3) is 0 Å². The second-order valence-corrected chi connectivity index (χ2v) is 5.81. The van der Waals surface area contributed by atoms with Crippen molar-refractivity contribution in [3.8, 4) is 6.07 Å². The molecule has 0 spiro atoms. The van der Waals surface area contributed by atoms with Crippen LogP contribution in [0.5, 0.6) is 0 Å². The lowest BCUT2D eigenvalue weighted by Gasteiger charge is -2.24. The summed E-state index contributed by atoms with van der Waals surface area (Å²) in [6.45, 7) is 0.982. The Labute approximate surface area is 133 Å². The normalized spacial score (nSPS) is 21.3. The predicted octanol–water partition coefficient (Wildman–Crippen LogP) is 3.14. The van der Waals surface area contributed by atoms with Gasteiger partial charge in [0.2, 0.25) is 0 Å². The molecule has 0 saturated carbocycles. The van der Waals surface area contributed by atoms with Gasteiger partial charge in [0, 0.05) is 19.1 Å². The second-order valence-electron chi connectivity index (χ2n) is 5.81. The maximum absolute atomic E-state index is 13.4. The highest BCUT2D eigenvalue weighted by molar-refractivity contribution is 5.34. The van der Waals surface area contributed by atoms with Crippen LogP contribution < -0.4 is 0 Å². The molecule has 2 aromatic rings. The molecule has 5 heteroatoms. The van der Waals surface area contributed by atoms with Gasteiger partial charge in [-0.05, 0) is 41.8 Å². The van der Waals surface area contributed by atoms with E-state index in [1.165, 1.54) is 24.3 Å². The first-order valence-electron chi connectivity index (χ1n) is 7.43. The van der Waals surface area contributed by atoms with Gasteiger partial charge >= 0.3 is 0 Å². The van der Waals surface area contributed by atoms with Crippen LogP contribution in [-0.2, 0) is 6.54 Å². The minimum absolute atomic E-state index is 0.0144. The molecule has 0 bridgehead atoms. The number of rotatable bonds is 3. The van der Waals surface area contributed by atoms with Crippen molar-refractivity contribution in [2.75, 3.05) is 6.54 Å². The van der Waals surface area contributed by atoms with Crippen molar-refractivity contribution >= 4 is 0 Å². The minimum atomic E-state index is -0.534. The van der Waals surface area contributed by atoms with Gasteiger partial charge in [-0.2, -0.15) is 5.26 Å². The van der Waals surface area contributed by atoms with Crippen LogP contribution in [-0.4, -0.2) is 22.7 Å². The third-order valence-corrected chi connectivity index (χ3v) is 4.17. The molecule has 1 aliphatic rings. The molecule has 3 rings (SSSR count). The predicted molar refractivity (Wildman–Crippen MR) is 81.3 cm³/mol. The maximum Gasteiger partial charge on any atom is 0.140 e. The molecule has 0 unspecified atom stereocenters. The summed E-state index contributed by atoms with van der Waals surface area (Å²) in [6, 6.07) is 12.5. The summed E-state index contributed by atoms with van der Waals surface area (Å²) in [7, 11) is 0. The Kier molecular flexibility index (Phi) is 4.37. The number of aliphatic hydroxyl groups is 1. The highest BCUT2D eigenvalue weighted by Crippen LogP contribution is 2.33. The third-order valence-electron chi connectivity index (χ3n) is 4.17. The fraction of sp³-hybridized carbons (Fsp3) is 0.278. The zero-order valence-corrected chi connectivity index (χ0v) is 12.4. The first kappa shape index (κ1) is 15.6. The van der Waals surface area contributed by atoms with E-state index in [4.69, 9.17) is 5.26 Å². The van der Waals surface area contributed by atoms with Crippen LogP contribution in [0, 0.1) is 23.0 Å². The summed E-state index contributed by atoms with van der Waals surface area (Å²) in [5.74, 6) is -0.830. The van der Waals surface area contributed by atoms with Crippen LogP contribution in [0.1, 0.15) is 29.2 Å². The number of β-amino-alcohol motifs (C(OH)–C–C–N with tert-alkyl or cyclic N) is 1. The molecule has 1 fully saturated rings. The van der Waals surface area contributed by atoms with Crippen molar-refractivity contribution in [1.82, 2.24) is 4.90 Å². The van der Waals surface area contributed by atoms with Crippen molar-refractivity contribution < 1.29 is 13.9 Å². The van der Waals surface area contributed by atoms with Gasteiger partial charge < -0.3 is 5.11 Å². The van der Waals surface area contributed by atoms with Crippen LogP contribution in [0.2, 0.25) is 0 Å². The third kappa shape index (κ3) is 3.39. The molecule has 0 radical (unpaired) electrons. The monoisotopic (exact) mass is 314 g/mol. The quantitative estimate of drug-likeness (QED) is 0.947. The largest absolute Gasteiger partial charge is 0.392 e. The molecule has 2 aromatic carbocycles. The number of hydrogen-bond acceptors (Lipinski definition) is 3. The number of aliphatic hydroxyl groups excluding tert-OH is 1. The molecule has 0 amide bonds. The Morgan fingerprint density at radius 2 is 1.91 bits per heavy atom. The van der Waals surface area contributed by atoms with E-state index < -0.39 is 11.9 Å². The number of benzene rings is 2. The smallest absolute Gasteiger partial charge is 0.140 e. The van der Waals surface area contributed by atoms with Gasteiger partial charge in [0.25, 0.3) is 0 Å². The summed E-state index contributed by atoms with van der Waals surface area (Å²) >= 11 is 0. The summed E-state index contributed by atoms with van der Waals surface area (Å²) in [4.78, 5) is 2.06. The molecule has 1 heterocycles. The topological polar surface area (TPSA) is 47.3 Å². The van der Waals surface area contributed by atoms with Gasteiger partial charge in [0.1, 0.15) is 17.7 Å². The van der Waals surface area contributed by atoms with E-state index in [1.54, 1.807) is 18.2 Å². The molecular weight excluding hydrogens is 298 g/mol. The van der Waals surface area contributed by atoms with E-state index in [9.17, 15) is 13.9 Å². The Balaban J connectivity index is 1.83. The van der Waals surface area contributed by atoms with E-state index in [1.807, 2.05) is 6.07 Å². The van der Waals surface area contributed by atoms with E-state index in [2.05, 4.69) is 4.90 Å². The summed E-state index contributed by atoms with van der Waals surface area (Å²) in [5.41, 5.74) is 1.76. The number of hydrogen-bond donors (Lipinski definition) is 1. The number of nitrogens with zero attached hydrogens (tertiary/aromatic N) is 2. The van der Waals surface area contributed by atoms with Crippen LogP contribution in [0.4, 0.5) is 8.78 Å². The molecule has 1 saturated heterocycles. The van der Waals surface area contributed by atoms with Crippen molar-refractivity contribution in [3.63, 3.8) is 0 Å². The Morgan fingerprint density at radius 1 is 1.17 bits per heavy atom. The summed E-state index contributed by atoms with van der Waals surface area (Å²) in [6.07, 6.45) is 0.110. The summed E-state index contributed by atoms with van der Waals surface area (Å²) in [5, 5.41) is 18.9. The highest BCUT2D eigenvalue weighted by atomic mass is 19.1. The van der Waals surface area contributed by atoms with Crippen molar-refractivity contribution in [3.05, 3.63) is 70.8 Å². The van der Waals surface area contributed by atoms with Gasteiger partial charge in [-0.3, -0.25) is 4.90 Å². The molecule has 0 aliphatic carbocycles. The fourth-order valence-corrected chi connectivity index (χ4v) is 3.08. The molecule has 3 nitrogen and oxygen atoms in total. The zero-order valence-electron chi connectivity index (χ0n) is 12.4. The van der Waals surface area contributed by atoms with Gasteiger partial charge in [-0.15, -0.1) is 0 Å². The van der Waals surface area contributed by atoms with Crippen LogP contribution >= 0.6 is 0 Å². The van der Waals surface area contributed by atoms with Gasteiger partial charge in [-0.1, -0.05) is 18.2 Å². The Hall–Kier alpha value is -2.29. The van der Waals surface area contributed by atoms with Gasteiger partial charge in [-0.25, -0.2) is 8.78 Å². The van der Waals surface area contributed by atoms with E-state index in [0.717, 1.165) is 11.1 Å². The van der Waals surface area contributed by atoms with Crippen LogP contribution in [0.3, 0.4) is 0 Å². The Bertz CT molecular complexity index is 740. The lowest BCUT2D eigenvalue weighted by Crippen LogP contribution is -2.24. The molecule has 118 valence electrons. The SMILES string of the molecule is N#Cc1cc(CN2C[C@H](O)C[C@@H]2c2ccc(F)cc2)ccc1F. The van der Waals surface area contributed by atoms with E-state index in [-0.39, 0.29) is 17.4 Å². The van der Waals surface area contributed by atoms with Gasteiger partial charge in [0.05, 0.1) is 11.7 Å². The number of likely N-dealkylation sites (tertiary alicyclic amines) is 1. The van der Waals surface area contributed by atoms with Crippen molar-refractivity contribution in [2.24, 2.45) is 0 Å². The fourth-order valence-electron chi connectivity index (χ4n) is 3.08. The van der Waals surface area contributed by atoms with Crippen LogP contribution in [0.15, 0.2) is 42.5 Å². The second kappa shape index (κ2) is 6.45. The molecule has 1 N–H and O–H groups in total. The first-order valence-corrected chi connectivity index (χ1v) is 7.43. The summed E-state index contributed by atoms with van der Waals surface area (Å²) < 4.78 is 26.5. The van der Waals surface area contributed by atoms with Crippen molar-refractivity contribution in [1.29, 1.82) is 5.26 Å². The lowest BCUT2D eigenvalue weighted by atomic mass is 10.0. The highest BCUT2D eigenvalue weighted by Gasteiger charge is 2.32. The zero-order chi connectivity index (χ0) is 16.4. The lowest BCUT2D eigenvalue weighted by molar-refractivity contribution is 0.172. The molecule has 2 atom stereocenters. The molecule has 0 aromatic heterocycles. The van der Waals surface area contributed by atoms with E-state index in [0.29, 0.717) is 19.5 Å². The molecular formula is C18H16F2N2O. The Morgan fingerprint density at radius 3 is 2.61 bits per heavy atom. The van der Waals surface area contributed by atoms with Gasteiger partial charge in [0.15, 0.2) is 0 Å². The minimum Gasteiger partial charge on any atom is -0.392 e. The van der Waals surface area contributed by atoms with Crippen molar-refractivity contribution in [2.45, 2.75) is 25.1 Å². The number of halogens is 2. The maximum atomic E-state index is 13.4. The molecule has 23 heavy (non-hydrogen) atoms. The average Bonchev–Trinajstić information content (AvgIpc) is 2.90. The number of nitriles is 1. The molecule has 1 aliphatic heterocycles.